The van der Waals surface area contributed by atoms with Gasteiger partial charge in [0.05, 0.1) is 38.6 Å². The van der Waals surface area contributed by atoms with E-state index in [1.807, 2.05) is 53.8 Å². The summed E-state index contributed by atoms with van der Waals surface area (Å²) in [5.41, 5.74) is 2.15. The van der Waals surface area contributed by atoms with Gasteiger partial charge in [-0.3, -0.25) is 9.36 Å². The van der Waals surface area contributed by atoms with Crippen molar-refractivity contribution in [3.05, 3.63) is 88.1 Å². The summed E-state index contributed by atoms with van der Waals surface area (Å²) in [7, 11) is 0. The van der Waals surface area contributed by atoms with Crippen LogP contribution in [0.5, 0.6) is 11.5 Å². The number of hydrogen-bond acceptors (Lipinski definition) is 7. The molecule has 2 heterocycles. The first-order valence-corrected chi connectivity index (χ1v) is 12.6. The van der Waals surface area contributed by atoms with Gasteiger partial charge in [0.1, 0.15) is 11.5 Å². The number of hydrogen-bond donors (Lipinski definition) is 1. The molecule has 0 fully saturated rings. The van der Waals surface area contributed by atoms with Crippen molar-refractivity contribution in [3.63, 3.8) is 0 Å². The average Bonchev–Trinajstić information content (AvgIpc) is 3.10. The van der Waals surface area contributed by atoms with Gasteiger partial charge in [0.2, 0.25) is 0 Å². The van der Waals surface area contributed by atoms with Gasteiger partial charge in [-0.1, -0.05) is 29.5 Å². The van der Waals surface area contributed by atoms with Crippen molar-refractivity contribution in [2.24, 2.45) is 4.99 Å². The summed E-state index contributed by atoms with van der Waals surface area (Å²) in [6.07, 6.45) is 1.77. The highest BCUT2D eigenvalue weighted by Gasteiger charge is 2.33. The molecule has 7 nitrogen and oxygen atoms in total. The topological polar surface area (TPSA) is 90.1 Å². The lowest BCUT2D eigenvalue weighted by molar-refractivity contribution is -0.139. The molecule has 1 N–H and O–H groups in total. The van der Waals surface area contributed by atoms with E-state index in [4.69, 9.17) is 9.47 Å². The normalized spacial score (nSPS) is 15.6. The van der Waals surface area contributed by atoms with Crippen LogP contribution in [0.15, 0.2) is 63.5 Å². The molecule has 0 aliphatic carbocycles. The number of rotatable bonds is 6. The number of carbonyl (C=O) groups excluding carboxylic acids is 1. The summed E-state index contributed by atoms with van der Waals surface area (Å²) < 4.78 is 13.6. The number of esters is 1. The van der Waals surface area contributed by atoms with Crippen LogP contribution in [0, 0.1) is 3.57 Å². The Morgan fingerprint density at radius 1 is 1.21 bits per heavy atom. The van der Waals surface area contributed by atoms with E-state index >= 15 is 0 Å². The van der Waals surface area contributed by atoms with E-state index in [1.54, 1.807) is 42.7 Å². The van der Waals surface area contributed by atoms with Crippen LogP contribution in [0.2, 0.25) is 0 Å². The van der Waals surface area contributed by atoms with E-state index in [9.17, 15) is 14.7 Å². The van der Waals surface area contributed by atoms with Crippen LogP contribution in [0.1, 0.15) is 37.9 Å². The van der Waals surface area contributed by atoms with Gasteiger partial charge >= 0.3 is 5.97 Å². The number of aromatic nitrogens is 1. The van der Waals surface area contributed by atoms with Crippen molar-refractivity contribution in [3.8, 4) is 11.5 Å². The van der Waals surface area contributed by atoms with Gasteiger partial charge in [-0.05, 0) is 84.8 Å². The predicted molar refractivity (Wildman–Crippen MR) is 139 cm³/mol. The van der Waals surface area contributed by atoms with Crippen molar-refractivity contribution in [1.82, 2.24) is 4.57 Å². The molecule has 1 unspecified atom stereocenters. The first-order chi connectivity index (χ1) is 16.3. The number of halogens is 1. The second-order valence-corrected chi connectivity index (χ2v) is 9.69. The SMILES string of the molecule is CCOC(=O)C1=C(C)N=c2s/c(=C\c3ccc(O)c(I)c3)c(=O)n2C1c1ccc(OCC)cc1. The zero-order valence-corrected chi connectivity index (χ0v) is 21.8. The van der Waals surface area contributed by atoms with E-state index < -0.39 is 12.0 Å². The molecule has 0 saturated carbocycles. The Bertz CT molecular complexity index is 1450. The van der Waals surface area contributed by atoms with Crippen molar-refractivity contribution in [2.45, 2.75) is 26.8 Å². The molecular formula is C25H23IN2O5S. The van der Waals surface area contributed by atoms with Crippen LogP contribution < -0.4 is 19.6 Å². The smallest absolute Gasteiger partial charge is 0.338 e. The summed E-state index contributed by atoms with van der Waals surface area (Å²) in [5.74, 6) is 0.397. The summed E-state index contributed by atoms with van der Waals surface area (Å²) in [5, 5.41) is 9.81. The molecule has 0 radical (unpaired) electrons. The second kappa shape index (κ2) is 10.1. The molecule has 1 aromatic heterocycles. The highest BCUT2D eigenvalue weighted by molar-refractivity contribution is 14.1. The Morgan fingerprint density at radius 3 is 2.59 bits per heavy atom. The van der Waals surface area contributed by atoms with Gasteiger partial charge in [0, 0.05) is 0 Å². The van der Waals surface area contributed by atoms with E-state index in [1.165, 1.54) is 11.3 Å². The third-order valence-electron chi connectivity index (χ3n) is 5.29. The number of carbonyl (C=O) groups is 1. The van der Waals surface area contributed by atoms with Gasteiger partial charge in [0.25, 0.3) is 5.56 Å². The number of phenolic OH excluding ortho intramolecular Hbond substituents is 1. The van der Waals surface area contributed by atoms with Crippen molar-refractivity contribution in [2.75, 3.05) is 13.2 Å². The second-order valence-electron chi connectivity index (χ2n) is 7.52. The molecule has 0 spiro atoms. The molecule has 4 rings (SSSR count). The highest BCUT2D eigenvalue weighted by atomic mass is 127. The Hall–Kier alpha value is -2.92. The monoisotopic (exact) mass is 590 g/mol. The van der Waals surface area contributed by atoms with Crippen LogP contribution in [0.3, 0.4) is 0 Å². The summed E-state index contributed by atoms with van der Waals surface area (Å²) in [4.78, 5) is 31.6. The number of phenols is 1. The maximum Gasteiger partial charge on any atom is 0.338 e. The van der Waals surface area contributed by atoms with E-state index in [2.05, 4.69) is 4.99 Å². The maximum absolute atomic E-state index is 13.6. The highest BCUT2D eigenvalue weighted by Crippen LogP contribution is 2.31. The standard InChI is InChI=1S/C25H23IN2O5S/c1-4-32-17-9-7-16(8-10-17)22-21(24(31)33-5-2)14(3)27-25-28(22)23(30)20(34-25)13-15-6-11-19(29)18(26)12-15/h6-13,22,29H,4-5H2,1-3H3/b20-13-. The zero-order chi connectivity index (χ0) is 24.4. The summed E-state index contributed by atoms with van der Waals surface area (Å²) >= 11 is 3.30. The number of benzene rings is 2. The average molecular weight is 590 g/mol. The number of aromatic hydroxyl groups is 1. The molecule has 3 aromatic rings. The van der Waals surface area contributed by atoms with Gasteiger partial charge in [-0.2, -0.15) is 0 Å². The molecule has 1 aliphatic rings. The molecule has 2 aromatic carbocycles. The minimum absolute atomic E-state index is 0.185. The van der Waals surface area contributed by atoms with Crippen LogP contribution >= 0.6 is 33.9 Å². The molecule has 34 heavy (non-hydrogen) atoms. The molecule has 0 saturated heterocycles. The van der Waals surface area contributed by atoms with E-state index in [0.29, 0.717) is 36.5 Å². The largest absolute Gasteiger partial charge is 0.507 e. The fourth-order valence-corrected chi connectivity index (χ4v) is 5.37. The van der Waals surface area contributed by atoms with Gasteiger partial charge in [-0.15, -0.1) is 0 Å². The van der Waals surface area contributed by atoms with Crippen LogP contribution in [-0.4, -0.2) is 28.9 Å². The first-order valence-electron chi connectivity index (χ1n) is 10.7. The quantitative estimate of drug-likeness (QED) is 0.351. The first kappa shape index (κ1) is 24.2. The maximum atomic E-state index is 13.6. The Kier molecular flexibility index (Phi) is 7.22. The van der Waals surface area contributed by atoms with Crippen molar-refractivity contribution < 1.29 is 19.4 Å². The van der Waals surface area contributed by atoms with Gasteiger partial charge in [0.15, 0.2) is 4.80 Å². The lowest BCUT2D eigenvalue weighted by atomic mass is 9.96. The lowest BCUT2D eigenvalue weighted by Crippen LogP contribution is -2.39. The molecule has 9 heteroatoms. The minimum atomic E-state index is -0.673. The number of fused-ring (bicyclic) bond motifs is 1. The molecule has 1 atom stereocenters. The number of thiazole rings is 1. The fraction of sp³-hybridized carbons (Fsp3) is 0.240. The summed E-state index contributed by atoms with van der Waals surface area (Å²) in [6, 6.07) is 11.8. The molecule has 0 bridgehead atoms. The summed E-state index contributed by atoms with van der Waals surface area (Å²) in [6.45, 7) is 6.17. The van der Waals surface area contributed by atoms with Crippen LogP contribution in [-0.2, 0) is 9.53 Å². The Morgan fingerprint density at radius 2 is 1.94 bits per heavy atom. The van der Waals surface area contributed by atoms with E-state index in [-0.39, 0.29) is 17.9 Å². The Labute approximate surface area is 213 Å². The van der Waals surface area contributed by atoms with E-state index in [0.717, 1.165) is 11.1 Å². The van der Waals surface area contributed by atoms with Crippen molar-refractivity contribution >= 4 is 46.0 Å². The fourth-order valence-electron chi connectivity index (χ4n) is 3.78. The number of allylic oxidation sites excluding steroid dienone is 1. The molecule has 0 amide bonds. The molecule has 1 aliphatic heterocycles. The molecular weight excluding hydrogens is 567 g/mol. The predicted octanol–water partition coefficient (Wildman–Crippen LogP) is 3.51. The van der Waals surface area contributed by atoms with Gasteiger partial charge in [-0.25, -0.2) is 9.79 Å². The third kappa shape index (κ3) is 4.67. The molecule has 176 valence electrons. The Balaban J connectivity index is 1.91. The van der Waals surface area contributed by atoms with Crippen LogP contribution in [0.25, 0.3) is 6.08 Å². The van der Waals surface area contributed by atoms with Crippen molar-refractivity contribution in [1.29, 1.82) is 0 Å². The third-order valence-corrected chi connectivity index (χ3v) is 7.14. The number of ether oxygens (including phenoxy) is 2. The van der Waals surface area contributed by atoms with Gasteiger partial charge < -0.3 is 14.6 Å². The minimum Gasteiger partial charge on any atom is -0.507 e. The van der Waals surface area contributed by atoms with Crippen LogP contribution in [0.4, 0.5) is 0 Å². The zero-order valence-electron chi connectivity index (χ0n) is 18.9. The lowest BCUT2D eigenvalue weighted by Gasteiger charge is -2.24. The number of nitrogens with zero attached hydrogens (tertiary/aromatic N) is 2.